The maximum absolute atomic E-state index is 12.1. The molecule has 1 aliphatic carbocycles. The van der Waals surface area contributed by atoms with Crippen molar-refractivity contribution in [3.05, 3.63) is 12.2 Å². The average molecular weight is 295 g/mol. The van der Waals surface area contributed by atoms with E-state index in [1.807, 2.05) is 12.2 Å². The molecule has 4 N–H and O–H groups in total. The Morgan fingerprint density at radius 2 is 1.81 bits per heavy atom. The standard InChI is InChI=1S/C16H29N3O2/c1-15(2)8-13(9-16(3,4)19-15)18-14(21)17-12-6-5-11(7-12)10-20/h5-6,11-13,19-20H,7-10H2,1-4H3,(H2,17,18,21)/t11-,12+/m0/s1. The molecule has 1 heterocycles. The summed E-state index contributed by atoms with van der Waals surface area (Å²) in [5.41, 5.74) is 0.0455. The molecule has 2 rings (SSSR count). The molecule has 2 atom stereocenters. The molecule has 21 heavy (non-hydrogen) atoms. The van der Waals surface area contributed by atoms with Gasteiger partial charge in [-0.05, 0) is 47.0 Å². The summed E-state index contributed by atoms with van der Waals surface area (Å²) < 4.78 is 0. The molecule has 2 aliphatic rings. The van der Waals surface area contributed by atoms with Gasteiger partial charge < -0.3 is 21.1 Å². The zero-order valence-corrected chi connectivity index (χ0v) is 13.6. The first kappa shape index (κ1) is 16.3. The number of hydrogen-bond acceptors (Lipinski definition) is 3. The summed E-state index contributed by atoms with van der Waals surface area (Å²) in [4.78, 5) is 12.1. The largest absolute Gasteiger partial charge is 0.396 e. The number of piperidine rings is 1. The summed E-state index contributed by atoms with van der Waals surface area (Å²) in [6.45, 7) is 8.84. The minimum absolute atomic E-state index is 0.0228. The molecular formula is C16H29N3O2. The van der Waals surface area contributed by atoms with Crippen molar-refractivity contribution in [3.8, 4) is 0 Å². The number of carbonyl (C=O) groups excluding carboxylic acids is 1. The Kier molecular flexibility index (Phi) is 4.63. The fourth-order valence-electron chi connectivity index (χ4n) is 3.84. The van der Waals surface area contributed by atoms with Gasteiger partial charge >= 0.3 is 6.03 Å². The first-order valence-corrected chi connectivity index (χ1v) is 7.85. The van der Waals surface area contributed by atoms with Gasteiger partial charge in [0, 0.05) is 35.7 Å². The van der Waals surface area contributed by atoms with Crippen molar-refractivity contribution >= 4 is 6.03 Å². The molecule has 5 heteroatoms. The molecule has 0 aromatic carbocycles. The van der Waals surface area contributed by atoms with E-state index < -0.39 is 0 Å². The predicted octanol–water partition coefficient (Wildman–Crippen LogP) is 1.53. The van der Waals surface area contributed by atoms with Crippen LogP contribution in [0.1, 0.15) is 47.0 Å². The summed E-state index contributed by atoms with van der Waals surface area (Å²) >= 11 is 0. The molecule has 0 spiro atoms. The van der Waals surface area contributed by atoms with E-state index >= 15 is 0 Å². The van der Waals surface area contributed by atoms with Gasteiger partial charge in [0.1, 0.15) is 0 Å². The predicted molar refractivity (Wildman–Crippen MR) is 84.1 cm³/mol. The van der Waals surface area contributed by atoms with Gasteiger partial charge in [0.15, 0.2) is 0 Å². The van der Waals surface area contributed by atoms with Crippen LogP contribution in [0.15, 0.2) is 12.2 Å². The van der Waals surface area contributed by atoms with Gasteiger partial charge in [-0.25, -0.2) is 4.79 Å². The highest BCUT2D eigenvalue weighted by Gasteiger charge is 2.38. The second-order valence-corrected chi connectivity index (χ2v) is 7.79. The van der Waals surface area contributed by atoms with Gasteiger partial charge in [-0.3, -0.25) is 0 Å². The number of carbonyl (C=O) groups is 1. The Labute approximate surface area is 127 Å². The van der Waals surface area contributed by atoms with Crippen LogP contribution < -0.4 is 16.0 Å². The lowest BCUT2D eigenvalue weighted by atomic mass is 9.80. The molecule has 1 fully saturated rings. The third-order valence-corrected chi connectivity index (χ3v) is 4.25. The molecule has 0 aromatic rings. The Balaban J connectivity index is 1.84. The Hall–Kier alpha value is -1.07. The summed E-state index contributed by atoms with van der Waals surface area (Å²) in [6.07, 6.45) is 6.57. The number of rotatable bonds is 3. The van der Waals surface area contributed by atoms with Crippen molar-refractivity contribution in [3.63, 3.8) is 0 Å². The van der Waals surface area contributed by atoms with Gasteiger partial charge in [0.05, 0.1) is 0 Å². The van der Waals surface area contributed by atoms with E-state index in [4.69, 9.17) is 5.11 Å². The van der Waals surface area contributed by atoms with Gasteiger partial charge in [0.2, 0.25) is 0 Å². The third kappa shape index (κ3) is 4.71. The highest BCUT2D eigenvalue weighted by molar-refractivity contribution is 5.75. The average Bonchev–Trinajstić information content (AvgIpc) is 2.71. The van der Waals surface area contributed by atoms with Crippen LogP contribution >= 0.6 is 0 Å². The van der Waals surface area contributed by atoms with Crippen molar-refractivity contribution in [2.75, 3.05) is 6.61 Å². The first-order chi connectivity index (χ1) is 9.69. The molecule has 0 aromatic heterocycles. The van der Waals surface area contributed by atoms with Gasteiger partial charge in [0.25, 0.3) is 0 Å². The number of amides is 2. The molecule has 0 bridgehead atoms. The molecule has 1 aliphatic heterocycles. The lowest BCUT2D eigenvalue weighted by molar-refractivity contribution is 0.147. The SMILES string of the molecule is CC1(C)CC(NC(=O)N[C@@H]2C=C[C@H](CO)C2)CC(C)(C)N1. The summed E-state index contributed by atoms with van der Waals surface area (Å²) in [5.74, 6) is 0.173. The molecule has 1 saturated heterocycles. The number of aliphatic hydroxyl groups is 1. The van der Waals surface area contributed by atoms with Crippen LogP contribution in [0.25, 0.3) is 0 Å². The smallest absolute Gasteiger partial charge is 0.315 e. The second-order valence-electron chi connectivity index (χ2n) is 7.79. The van der Waals surface area contributed by atoms with E-state index in [1.54, 1.807) is 0 Å². The van der Waals surface area contributed by atoms with Crippen LogP contribution in [0.2, 0.25) is 0 Å². The molecule has 120 valence electrons. The normalized spacial score (nSPS) is 31.1. The minimum Gasteiger partial charge on any atom is -0.396 e. The molecule has 5 nitrogen and oxygen atoms in total. The van der Waals surface area contributed by atoms with Gasteiger partial charge in [-0.2, -0.15) is 0 Å². The molecule has 0 unspecified atom stereocenters. The van der Waals surface area contributed by atoms with E-state index in [0.29, 0.717) is 0 Å². The molecule has 0 radical (unpaired) electrons. The van der Waals surface area contributed by atoms with Gasteiger partial charge in [-0.15, -0.1) is 0 Å². The first-order valence-electron chi connectivity index (χ1n) is 7.85. The van der Waals surface area contributed by atoms with E-state index in [-0.39, 0.29) is 41.7 Å². The quantitative estimate of drug-likeness (QED) is 0.597. The van der Waals surface area contributed by atoms with Crippen molar-refractivity contribution in [2.24, 2.45) is 5.92 Å². The number of aliphatic hydroxyl groups excluding tert-OH is 1. The van der Waals surface area contributed by atoms with Crippen LogP contribution in [0.3, 0.4) is 0 Å². The van der Waals surface area contributed by atoms with Crippen molar-refractivity contribution in [1.29, 1.82) is 0 Å². The van der Waals surface area contributed by atoms with Gasteiger partial charge in [-0.1, -0.05) is 12.2 Å². The molecule has 2 amide bonds. The van der Waals surface area contributed by atoms with E-state index in [1.165, 1.54) is 0 Å². The maximum atomic E-state index is 12.1. The van der Waals surface area contributed by atoms with Crippen molar-refractivity contribution < 1.29 is 9.90 Å². The summed E-state index contributed by atoms with van der Waals surface area (Å²) in [5, 5.41) is 18.8. The highest BCUT2D eigenvalue weighted by Crippen LogP contribution is 2.28. The number of nitrogens with one attached hydrogen (secondary N) is 3. The third-order valence-electron chi connectivity index (χ3n) is 4.25. The van der Waals surface area contributed by atoms with Crippen LogP contribution in [0.4, 0.5) is 4.79 Å². The molecule has 0 saturated carbocycles. The summed E-state index contributed by atoms with van der Waals surface area (Å²) in [7, 11) is 0. The lowest BCUT2D eigenvalue weighted by Crippen LogP contribution is -2.63. The Morgan fingerprint density at radius 1 is 1.19 bits per heavy atom. The fraction of sp³-hybridized carbons (Fsp3) is 0.812. The van der Waals surface area contributed by atoms with Crippen LogP contribution in [0.5, 0.6) is 0 Å². The fourth-order valence-corrected chi connectivity index (χ4v) is 3.84. The topological polar surface area (TPSA) is 73.4 Å². The monoisotopic (exact) mass is 295 g/mol. The van der Waals surface area contributed by atoms with Crippen LogP contribution in [0, 0.1) is 5.92 Å². The Morgan fingerprint density at radius 3 is 2.33 bits per heavy atom. The van der Waals surface area contributed by atoms with E-state index in [9.17, 15) is 4.79 Å². The minimum atomic E-state index is -0.110. The van der Waals surface area contributed by atoms with Crippen LogP contribution in [-0.2, 0) is 0 Å². The maximum Gasteiger partial charge on any atom is 0.315 e. The summed E-state index contributed by atoms with van der Waals surface area (Å²) in [6, 6.07) is 0.0990. The number of hydrogen-bond donors (Lipinski definition) is 4. The van der Waals surface area contributed by atoms with E-state index in [2.05, 4.69) is 43.6 Å². The lowest BCUT2D eigenvalue weighted by Gasteiger charge is -2.46. The Bertz CT molecular complexity index is 402. The van der Waals surface area contributed by atoms with Crippen molar-refractivity contribution in [1.82, 2.24) is 16.0 Å². The molecular weight excluding hydrogens is 266 g/mol. The zero-order chi connectivity index (χ0) is 15.7. The zero-order valence-electron chi connectivity index (χ0n) is 13.6. The van der Waals surface area contributed by atoms with Crippen molar-refractivity contribution in [2.45, 2.75) is 70.1 Å². The van der Waals surface area contributed by atoms with E-state index in [0.717, 1.165) is 19.3 Å². The van der Waals surface area contributed by atoms with Crippen LogP contribution in [-0.4, -0.2) is 40.9 Å². The highest BCUT2D eigenvalue weighted by atomic mass is 16.3. The second kappa shape index (κ2) is 5.97. The number of urea groups is 1.